The van der Waals surface area contributed by atoms with E-state index in [1.54, 1.807) is 0 Å². The highest BCUT2D eigenvalue weighted by atomic mass is 32.1. The number of H-pyrrole nitrogens is 1. The van der Waals surface area contributed by atoms with Gasteiger partial charge in [0.2, 0.25) is 0 Å². The van der Waals surface area contributed by atoms with E-state index in [4.69, 9.17) is 12.2 Å². The maximum atomic E-state index is 5.30. The Bertz CT molecular complexity index is 544. The highest BCUT2D eigenvalue weighted by molar-refractivity contribution is 7.71. The van der Waals surface area contributed by atoms with Crippen molar-refractivity contribution in [3.05, 3.63) is 46.2 Å². The molecule has 2 nitrogen and oxygen atoms in total. The van der Waals surface area contributed by atoms with Gasteiger partial charge in [-0.05, 0) is 13.3 Å². The molecule has 82 valence electrons. The summed E-state index contributed by atoms with van der Waals surface area (Å²) in [7, 11) is 0. The molecule has 0 aliphatic carbocycles. The fourth-order valence-corrected chi connectivity index (χ4v) is 2.15. The Kier molecular flexibility index (Phi) is 3.15. The molecule has 1 heterocycles. The average molecular weight is 230 g/mol. The Hall–Kier alpha value is -1.48. The van der Waals surface area contributed by atoms with E-state index in [0.29, 0.717) is 4.64 Å². The van der Waals surface area contributed by atoms with E-state index in [2.05, 4.69) is 16.9 Å². The zero-order valence-corrected chi connectivity index (χ0v) is 10.3. The first-order valence-corrected chi connectivity index (χ1v) is 5.78. The molecule has 0 spiro atoms. The molecule has 2 aromatic rings. The van der Waals surface area contributed by atoms with Gasteiger partial charge in [0, 0.05) is 16.8 Å². The number of aromatic nitrogens is 2. The first-order valence-electron chi connectivity index (χ1n) is 5.37. The second-order valence-corrected chi connectivity index (χ2v) is 4.10. The highest BCUT2D eigenvalue weighted by Crippen LogP contribution is 2.16. The van der Waals surface area contributed by atoms with Gasteiger partial charge in [0.1, 0.15) is 10.5 Å². The third-order valence-corrected chi connectivity index (χ3v) is 2.97. The second-order valence-electron chi connectivity index (χ2n) is 3.71. The third kappa shape index (κ3) is 2.04. The van der Waals surface area contributed by atoms with Crippen LogP contribution >= 0.6 is 12.2 Å². The minimum Gasteiger partial charge on any atom is -0.343 e. The predicted octanol–water partition coefficient (Wildman–Crippen LogP) is 3.68. The molecule has 3 heteroatoms. The molecule has 0 fully saturated rings. The third-order valence-electron chi connectivity index (χ3n) is 2.63. The van der Waals surface area contributed by atoms with Gasteiger partial charge in [-0.2, -0.15) is 0 Å². The summed E-state index contributed by atoms with van der Waals surface area (Å²) in [5, 5.41) is 0. The van der Waals surface area contributed by atoms with Crippen molar-refractivity contribution in [2.24, 2.45) is 0 Å². The van der Waals surface area contributed by atoms with Crippen LogP contribution in [0.4, 0.5) is 0 Å². The number of hydrogen-bond acceptors (Lipinski definition) is 2. The van der Waals surface area contributed by atoms with Crippen LogP contribution in [0.25, 0.3) is 11.4 Å². The van der Waals surface area contributed by atoms with Crippen molar-refractivity contribution >= 4 is 12.2 Å². The summed E-state index contributed by atoms with van der Waals surface area (Å²) in [5.74, 6) is 0.848. The van der Waals surface area contributed by atoms with Crippen molar-refractivity contribution in [1.29, 1.82) is 0 Å². The Morgan fingerprint density at radius 1 is 1.25 bits per heavy atom. The molecule has 0 unspecified atom stereocenters. The molecule has 0 amide bonds. The predicted molar refractivity (Wildman–Crippen MR) is 69.0 cm³/mol. The molecule has 0 atom stereocenters. The van der Waals surface area contributed by atoms with E-state index in [0.717, 1.165) is 29.1 Å². The molecule has 0 radical (unpaired) electrons. The maximum absolute atomic E-state index is 5.30. The molecule has 16 heavy (non-hydrogen) atoms. The molecule has 0 bridgehead atoms. The zero-order valence-electron chi connectivity index (χ0n) is 9.45. The van der Waals surface area contributed by atoms with Gasteiger partial charge in [-0.1, -0.05) is 49.5 Å². The molecule has 0 aliphatic rings. The number of hydrogen-bond donors (Lipinski definition) is 1. The number of nitrogens with one attached hydrogen (secondary N) is 1. The van der Waals surface area contributed by atoms with Crippen LogP contribution in [0, 0.1) is 11.6 Å². The topological polar surface area (TPSA) is 28.7 Å². The van der Waals surface area contributed by atoms with Crippen molar-refractivity contribution in [2.45, 2.75) is 20.3 Å². The molecule has 1 aromatic heterocycles. The maximum Gasteiger partial charge on any atom is 0.139 e. The van der Waals surface area contributed by atoms with Gasteiger partial charge in [0.25, 0.3) is 0 Å². The average Bonchev–Trinajstić information content (AvgIpc) is 2.30. The van der Waals surface area contributed by atoms with E-state index >= 15 is 0 Å². The van der Waals surface area contributed by atoms with E-state index in [-0.39, 0.29) is 0 Å². The minimum absolute atomic E-state index is 0.706. The molecule has 0 aliphatic heterocycles. The van der Waals surface area contributed by atoms with Crippen LogP contribution in [-0.4, -0.2) is 9.97 Å². The highest BCUT2D eigenvalue weighted by Gasteiger charge is 2.04. The smallest absolute Gasteiger partial charge is 0.139 e. The minimum atomic E-state index is 0.706. The molecular weight excluding hydrogens is 216 g/mol. The summed E-state index contributed by atoms with van der Waals surface area (Å²) in [6.07, 6.45) is 0.920. The van der Waals surface area contributed by atoms with Crippen LogP contribution < -0.4 is 0 Å². The Labute approximate surface area is 100 Å². The number of aromatic amines is 1. The summed E-state index contributed by atoms with van der Waals surface area (Å²) in [5.41, 5.74) is 3.32. The summed E-state index contributed by atoms with van der Waals surface area (Å²) < 4.78 is 0.706. The lowest BCUT2D eigenvalue weighted by Crippen LogP contribution is -1.98. The van der Waals surface area contributed by atoms with E-state index in [1.807, 2.05) is 37.3 Å². The van der Waals surface area contributed by atoms with Crippen molar-refractivity contribution in [1.82, 2.24) is 9.97 Å². The second kappa shape index (κ2) is 4.58. The number of nitrogens with zero attached hydrogens (tertiary/aromatic N) is 1. The van der Waals surface area contributed by atoms with Crippen molar-refractivity contribution < 1.29 is 0 Å². The SMILES string of the molecule is CCc1c(C)[nH]c(-c2ccccc2)nc1=S. The lowest BCUT2D eigenvalue weighted by Gasteiger charge is -2.07. The lowest BCUT2D eigenvalue weighted by atomic mass is 10.1. The lowest BCUT2D eigenvalue weighted by molar-refractivity contribution is 0.989. The molecule has 2 rings (SSSR count). The Balaban J connectivity index is 2.57. The van der Waals surface area contributed by atoms with Gasteiger partial charge in [0.05, 0.1) is 0 Å². The molecule has 1 N–H and O–H groups in total. The monoisotopic (exact) mass is 230 g/mol. The molecule has 0 saturated carbocycles. The first kappa shape index (κ1) is 11.0. The van der Waals surface area contributed by atoms with Crippen LogP contribution in [-0.2, 0) is 6.42 Å². The zero-order chi connectivity index (χ0) is 11.5. The van der Waals surface area contributed by atoms with Crippen molar-refractivity contribution in [3.63, 3.8) is 0 Å². The fraction of sp³-hybridized carbons (Fsp3) is 0.231. The Morgan fingerprint density at radius 3 is 2.50 bits per heavy atom. The molecule has 1 aromatic carbocycles. The van der Waals surface area contributed by atoms with E-state index in [1.165, 1.54) is 0 Å². The fourth-order valence-electron chi connectivity index (χ4n) is 1.76. The van der Waals surface area contributed by atoms with Gasteiger partial charge in [-0.25, -0.2) is 4.98 Å². The van der Waals surface area contributed by atoms with Crippen LogP contribution in [0.1, 0.15) is 18.2 Å². The van der Waals surface area contributed by atoms with Gasteiger partial charge >= 0.3 is 0 Å². The normalized spacial score (nSPS) is 10.4. The van der Waals surface area contributed by atoms with Crippen LogP contribution in [0.3, 0.4) is 0 Å². The largest absolute Gasteiger partial charge is 0.343 e. The van der Waals surface area contributed by atoms with Gasteiger partial charge in [0.15, 0.2) is 0 Å². The summed E-state index contributed by atoms with van der Waals surface area (Å²) >= 11 is 5.30. The van der Waals surface area contributed by atoms with Gasteiger partial charge < -0.3 is 4.98 Å². The number of aryl methyl sites for hydroxylation is 1. The Morgan fingerprint density at radius 2 is 1.94 bits per heavy atom. The molecular formula is C13H14N2S. The van der Waals surface area contributed by atoms with Crippen molar-refractivity contribution in [2.75, 3.05) is 0 Å². The summed E-state index contributed by atoms with van der Waals surface area (Å²) in [6.45, 7) is 4.14. The number of rotatable bonds is 2. The van der Waals surface area contributed by atoms with Crippen LogP contribution in [0.2, 0.25) is 0 Å². The summed E-state index contributed by atoms with van der Waals surface area (Å²) in [6, 6.07) is 10.0. The number of benzene rings is 1. The first-order chi connectivity index (χ1) is 7.72. The van der Waals surface area contributed by atoms with Gasteiger partial charge in [-0.15, -0.1) is 0 Å². The van der Waals surface area contributed by atoms with E-state index < -0.39 is 0 Å². The van der Waals surface area contributed by atoms with Crippen LogP contribution in [0.5, 0.6) is 0 Å². The quantitative estimate of drug-likeness (QED) is 0.797. The van der Waals surface area contributed by atoms with Gasteiger partial charge in [-0.3, -0.25) is 0 Å². The van der Waals surface area contributed by atoms with E-state index in [9.17, 15) is 0 Å². The van der Waals surface area contributed by atoms with Crippen molar-refractivity contribution in [3.8, 4) is 11.4 Å². The van der Waals surface area contributed by atoms with Crippen LogP contribution in [0.15, 0.2) is 30.3 Å². The summed E-state index contributed by atoms with van der Waals surface area (Å²) in [4.78, 5) is 7.74. The molecule has 0 saturated heterocycles. The standard InChI is InChI=1S/C13H14N2S/c1-3-11-9(2)14-12(15-13(11)16)10-7-5-4-6-8-10/h4-8H,3H2,1-2H3,(H,14,15,16).